The van der Waals surface area contributed by atoms with Crippen molar-refractivity contribution in [3.05, 3.63) is 41.3 Å². The average molecular weight is 449 g/mol. The lowest BCUT2D eigenvalue weighted by molar-refractivity contribution is -0.138. The Morgan fingerprint density at radius 1 is 1.06 bits per heavy atom. The Morgan fingerprint density at radius 2 is 1.77 bits per heavy atom. The fourth-order valence-corrected chi connectivity index (χ4v) is 3.43. The lowest BCUT2D eigenvalue weighted by Crippen LogP contribution is -2.35. The fourth-order valence-electron chi connectivity index (χ4n) is 3.43. The van der Waals surface area contributed by atoms with E-state index in [0.717, 1.165) is 18.5 Å². The van der Waals surface area contributed by atoms with Crippen LogP contribution in [-0.2, 0) is 18.9 Å². The van der Waals surface area contributed by atoms with Crippen molar-refractivity contribution in [1.29, 1.82) is 0 Å². The molecule has 3 N–H and O–H groups in total. The number of aromatic nitrogens is 3. The Morgan fingerprint density at radius 3 is 2.42 bits per heavy atom. The first kappa shape index (κ1) is 23.0. The van der Waals surface area contributed by atoms with Gasteiger partial charge in [-0.2, -0.15) is 31.3 Å². The molecule has 2 aromatic rings. The van der Waals surface area contributed by atoms with Crippen LogP contribution in [0.5, 0.6) is 0 Å². The average Bonchev–Trinajstić information content (AvgIpc) is 2.68. The largest absolute Gasteiger partial charge is 0.421 e. The maximum atomic E-state index is 13.4. The molecule has 0 bridgehead atoms. The number of hydrogen-bond acceptors (Lipinski definition) is 6. The maximum Gasteiger partial charge on any atom is 0.421 e. The third-order valence-corrected chi connectivity index (χ3v) is 5.23. The molecule has 2 heterocycles. The minimum absolute atomic E-state index is 0.0464. The molecule has 3 rings (SSSR count). The van der Waals surface area contributed by atoms with E-state index in [1.54, 1.807) is 0 Å². The molecule has 0 saturated heterocycles. The summed E-state index contributed by atoms with van der Waals surface area (Å²) in [4.78, 5) is 11.1. The minimum atomic E-state index is -4.73. The van der Waals surface area contributed by atoms with Crippen LogP contribution in [0, 0.1) is 5.92 Å². The van der Waals surface area contributed by atoms with Crippen LogP contribution in [0.1, 0.15) is 42.9 Å². The fraction of sp³-hybridized carbons (Fsp3) is 0.526. The van der Waals surface area contributed by atoms with Crippen LogP contribution in [0.2, 0.25) is 0 Å². The highest BCUT2D eigenvalue weighted by Gasteiger charge is 2.37. The van der Waals surface area contributed by atoms with Gasteiger partial charge >= 0.3 is 12.4 Å². The molecular formula is C19H21F6N5O. The van der Waals surface area contributed by atoms with E-state index in [2.05, 4.69) is 25.6 Å². The van der Waals surface area contributed by atoms with Crippen molar-refractivity contribution in [2.24, 2.45) is 5.92 Å². The predicted molar refractivity (Wildman–Crippen MR) is 100 cm³/mol. The second kappa shape index (κ2) is 8.85. The smallest absolute Gasteiger partial charge is 0.393 e. The molecule has 1 aliphatic carbocycles. The van der Waals surface area contributed by atoms with Crippen LogP contribution in [0.4, 0.5) is 38.1 Å². The highest BCUT2D eigenvalue weighted by molar-refractivity contribution is 5.49. The molecule has 0 aromatic carbocycles. The van der Waals surface area contributed by atoms with Gasteiger partial charge in [-0.05, 0) is 31.2 Å². The standard InChI is InChI=1S/C19H21F6N5O/c1-10-2-3-12(6-15(10)31)29-16-14(19(23,24)25)9-28-17(30-16)27-8-11-7-26-5-4-13(11)18(20,21)22/h4-5,7,9-10,12,15,31H,2-3,6,8H2,1H3,(H2,27,28,29,30)/t10-,12+,15-/m1/s1. The van der Waals surface area contributed by atoms with E-state index in [1.807, 2.05) is 6.92 Å². The topological polar surface area (TPSA) is 83.0 Å². The molecule has 1 aliphatic rings. The summed E-state index contributed by atoms with van der Waals surface area (Å²) in [6.45, 7) is 1.48. The first-order valence-electron chi connectivity index (χ1n) is 9.58. The summed E-state index contributed by atoms with van der Waals surface area (Å²) in [5.74, 6) is -0.707. The molecule has 31 heavy (non-hydrogen) atoms. The van der Waals surface area contributed by atoms with Gasteiger partial charge in [-0.15, -0.1) is 0 Å². The molecule has 2 aromatic heterocycles. The van der Waals surface area contributed by atoms with Gasteiger partial charge in [0, 0.05) is 36.7 Å². The first-order valence-corrected chi connectivity index (χ1v) is 9.58. The van der Waals surface area contributed by atoms with Crippen LogP contribution in [0.25, 0.3) is 0 Å². The molecule has 0 aliphatic heterocycles. The number of aliphatic hydroxyl groups is 1. The van der Waals surface area contributed by atoms with E-state index in [-0.39, 0.29) is 30.4 Å². The van der Waals surface area contributed by atoms with Crippen molar-refractivity contribution in [3.8, 4) is 0 Å². The molecule has 6 nitrogen and oxygen atoms in total. The molecule has 0 spiro atoms. The zero-order chi connectivity index (χ0) is 22.8. The minimum Gasteiger partial charge on any atom is -0.393 e. The van der Waals surface area contributed by atoms with E-state index < -0.39 is 41.4 Å². The second-order valence-corrected chi connectivity index (χ2v) is 7.54. The Labute approximate surface area is 174 Å². The molecular weight excluding hydrogens is 428 g/mol. The highest BCUT2D eigenvalue weighted by atomic mass is 19.4. The molecule has 12 heteroatoms. The van der Waals surface area contributed by atoms with E-state index in [1.165, 1.54) is 0 Å². The predicted octanol–water partition coefficient (Wildman–Crippen LogP) is 4.48. The SMILES string of the molecule is C[C@@H]1CC[C@H](Nc2nc(NCc3cnccc3C(F)(F)F)ncc2C(F)(F)F)C[C@H]1O. The van der Waals surface area contributed by atoms with Gasteiger partial charge in [-0.3, -0.25) is 4.98 Å². The van der Waals surface area contributed by atoms with Gasteiger partial charge in [0.1, 0.15) is 11.4 Å². The number of rotatable bonds is 5. The normalized spacial score (nSPS) is 22.3. The van der Waals surface area contributed by atoms with Gasteiger partial charge < -0.3 is 15.7 Å². The molecule has 170 valence electrons. The van der Waals surface area contributed by atoms with Crippen molar-refractivity contribution >= 4 is 11.8 Å². The molecule has 3 atom stereocenters. The number of pyridine rings is 1. The highest BCUT2D eigenvalue weighted by Crippen LogP contribution is 2.36. The number of nitrogens with one attached hydrogen (secondary N) is 2. The molecule has 0 amide bonds. The van der Waals surface area contributed by atoms with Crippen molar-refractivity contribution in [2.45, 2.75) is 57.2 Å². The molecule has 0 unspecified atom stereocenters. The number of hydrogen-bond donors (Lipinski definition) is 3. The monoisotopic (exact) mass is 449 g/mol. The van der Waals surface area contributed by atoms with E-state index in [4.69, 9.17) is 0 Å². The quantitative estimate of drug-likeness (QED) is 0.584. The number of alkyl halides is 6. The van der Waals surface area contributed by atoms with Crippen LogP contribution in [0.3, 0.4) is 0 Å². The van der Waals surface area contributed by atoms with Crippen LogP contribution >= 0.6 is 0 Å². The molecule has 1 fully saturated rings. The van der Waals surface area contributed by atoms with E-state index in [0.29, 0.717) is 19.0 Å². The number of halogens is 6. The summed E-state index contributed by atoms with van der Waals surface area (Å²) in [5, 5.41) is 15.3. The van der Waals surface area contributed by atoms with Crippen LogP contribution in [0.15, 0.2) is 24.7 Å². The summed E-state index contributed by atoms with van der Waals surface area (Å²) in [6.07, 6.45) is -5.94. The van der Waals surface area contributed by atoms with Crippen molar-refractivity contribution in [1.82, 2.24) is 15.0 Å². The first-order chi connectivity index (χ1) is 14.4. The summed E-state index contributed by atoms with van der Waals surface area (Å²) in [6, 6.07) is 0.387. The molecule has 1 saturated carbocycles. The van der Waals surface area contributed by atoms with Gasteiger partial charge in [0.05, 0.1) is 11.7 Å². The Hall–Kier alpha value is -2.63. The van der Waals surface area contributed by atoms with Crippen molar-refractivity contribution in [2.75, 3.05) is 10.6 Å². The van der Waals surface area contributed by atoms with Crippen LogP contribution < -0.4 is 10.6 Å². The zero-order valence-electron chi connectivity index (χ0n) is 16.4. The zero-order valence-corrected chi connectivity index (χ0v) is 16.4. The Kier molecular flexibility index (Phi) is 6.58. The van der Waals surface area contributed by atoms with E-state index >= 15 is 0 Å². The number of nitrogens with zero attached hydrogens (tertiary/aromatic N) is 3. The summed E-state index contributed by atoms with van der Waals surface area (Å²) >= 11 is 0. The summed E-state index contributed by atoms with van der Waals surface area (Å²) in [7, 11) is 0. The number of anilines is 2. The Bertz CT molecular complexity index is 904. The lowest BCUT2D eigenvalue weighted by atomic mass is 9.85. The lowest BCUT2D eigenvalue weighted by Gasteiger charge is -2.32. The van der Waals surface area contributed by atoms with Crippen molar-refractivity contribution in [3.63, 3.8) is 0 Å². The number of aliphatic hydroxyl groups excluding tert-OH is 1. The summed E-state index contributed by atoms with van der Waals surface area (Å²) in [5.41, 5.74) is -2.20. The van der Waals surface area contributed by atoms with Gasteiger partial charge in [0.25, 0.3) is 0 Å². The Balaban J connectivity index is 1.81. The third-order valence-electron chi connectivity index (χ3n) is 5.23. The van der Waals surface area contributed by atoms with Gasteiger partial charge in [0.15, 0.2) is 0 Å². The maximum absolute atomic E-state index is 13.4. The van der Waals surface area contributed by atoms with Gasteiger partial charge in [-0.25, -0.2) is 4.98 Å². The summed E-state index contributed by atoms with van der Waals surface area (Å²) < 4.78 is 79.5. The van der Waals surface area contributed by atoms with Crippen molar-refractivity contribution < 1.29 is 31.4 Å². The second-order valence-electron chi connectivity index (χ2n) is 7.54. The van der Waals surface area contributed by atoms with E-state index in [9.17, 15) is 31.4 Å². The van der Waals surface area contributed by atoms with Gasteiger partial charge in [-0.1, -0.05) is 6.92 Å². The van der Waals surface area contributed by atoms with Crippen LogP contribution in [-0.4, -0.2) is 32.2 Å². The third kappa shape index (κ3) is 5.75. The molecule has 0 radical (unpaired) electrons. The van der Waals surface area contributed by atoms with Gasteiger partial charge in [0.2, 0.25) is 5.95 Å².